The number of nitrogens with one attached hydrogen (secondary N) is 1. The number of carbonyl (C=O) groups excluding carboxylic acids is 1. The van der Waals surface area contributed by atoms with Crippen molar-refractivity contribution >= 4 is 17.2 Å². The van der Waals surface area contributed by atoms with Gasteiger partial charge < -0.3 is 16.0 Å². The van der Waals surface area contributed by atoms with Crippen LogP contribution in [0.2, 0.25) is 0 Å². The Morgan fingerprint density at radius 1 is 1.69 bits per heavy atom. The molecule has 1 aromatic heterocycles. The minimum absolute atomic E-state index is 0.125. The van der Waals surface area contributed by atoms with E-state index in [-0.39, 0.29) is 5.91 Å². The van der Waals surface area contributed by atoms with Gasteiger partial charge in [0.1, 0.15) is 10.7 Å². The van der Waals surface area contributed by atoms with Crippen molar-refractivity contribution in [3.05, 3.63) is 16.1 Å². The molecule has 1 rings (SSSR count). The molecule has 0 aliphatic rings. The number of rotatable bonds is 6. The van der Waals surface area contributed by atoms with Crippen LogP contribution in [0.25, 0.3) is 0 Å². The number of thiazole rings is 1. The maximum atomic E-state index is 11.6. The third-order valence-electron chi connectivity index (χ3n) is 2.28. The highest BCUT2D eigenvalue weighted by Crippen LogP contribution is 2.08. The van der Waals surface area contributed by atoms with Gasteiger partial charge in [0.15, 0.2) is 0 Å². The van der Waals surface area contributed by atoms with Crippen molar-refractivity contribution in [3.63, 3.8) is 0 Å². The molecule has 0 spiro atoms. The molecule has 90 valence electrons. The third-order valence-corrected chi connectivity index (χ3v) is 3.15. The summed E-state index contributed by atoms with van der Waals surface area (Å²) >= 11 is 1.41. The van der Waals surface area contributed by atoms with Crippen LogP contribution in [0.5, 0.6) is 0 Å². The smallest absolute Gasteiger partial charge is 0.270 e. The summed E-state index contributed by atoms with van der Waals surface area (Å²) in [5.74, 6) is -0.125. The van der Waals surface area contributed by atoms with Gasteiger partial charge in [0.2, 0.25) is 0 Å². The van der Waals surface area contributed by atoms with E-state index in [1.165, 1.54) is 11.3 Å². The molecule has 16 heavy (non-hydrogen) atoms. The SMILES string of the molecule is CCN(C)CCNC(=O)c1csc(CN)n1. The second-order valence-electron chi connectivity index (χ2n) is 3.48. The maximum absolute atomic E-state index is 11.6. The summed E-state index contributed by atoms with van der Waals surface area (Å²) in [7, 11) is 2.02. The molecule has 0 radical (unpaired) electrons. The Kier molecular flexibility index (Phi) is 5.37. The number of nitrogens with zero attached hydrogens (tertiary/aromatic N) is 2. The number of aromatic nitrogens is 1. The van der Waals surface area contributed by atoms with Crippen molar-refractivity contribution in [2.45, 2.75) is 13.5 Å². The first-order chi connectivity index (χ1) is 7.67. The fraction of sp³-hybridized carbons (Fsp3) is 0.600. The van der Waals surface area contributed by atoms with Gasteiger partial charge in [-0.3, -0.25) is 4.79 Å². The standard InChI is InChI=1S/C10H18N4OS/c1-3-14(2)5-4-12-10(15)8-7-16-9(6-11)13-8/h7H,3-6,11H2,1-2H3,(H,12,15). The molecule has 0 bridgehead atoms. The van der Waals surface area contributed by atoms with Gasteiger partial charge in [-0.2, -0.15) is 0 Å². The van der Waals surface area contributed by atoms with Crippen molar-refractivity contribution in [1.82, 2.24) is 15.2 Å². The number of nitrogens with two attached hydrogens (primary N) is 1. The molecule has 0 saturated carbocycles. The second-order valence-corrected chi connectivity index (χ2v) is 4.43. The Hall–Kier alpha value is -0.980. The fourth-order valence-electron chi connectivity index (χ4n) is 1.12. The van der Waals surface area contributed by atoms with Crippen LogP contribution in [0.4, 0.5) is 0 Å². The Bertz CT molecular complexity index is 339. The summed E-state index contributed by atoms with van der Waals surface area (Å²) in [5.41, 5.74) is 5.89. The highest BCUT2D eigenvalue weighted by atomic mass is 32.1. The zero-order valence-electron chi connectivity index (χ0n) is 9.69. The number of likely N-dealkylation sites (N-methyl/N-ethyl adjacent to an activating group) is 1. The molecule has 5 nitrogen and oxygen atoms in total. The average molecular weight is 242 g/mol. The largest absolute Gasteiger partial charge is 0.349 e. The minimum atomic E-state index is -0.125. The Morgan fingerprint density at radius 3 is 3.00 bits per heavy atom. The summed E-state index contributed by atoms with van der Waals surface area (Å²) < 4.78 is 0. The first-order valence-electron chi connectivity index (χ1n) is 5.28. The van der Waals surface area contributed by atoms with Crippen LogP contribution in [-0.4, -0.2) is 42.5 Å². The third kappa shape index (κ3) is 3.88. The van der Waals surface area contributed by atoms with Crippen molar-refractivity contribution in [2.24, 2.45) is 5.73 Å². The predicted octanol–water partition coefficient (Wildman–Crippen LogP) is 0.283. The van der Waals surface area contributed by atoms with E-state index in [0.717, 1.165) is 18.1 Å². The van der Waals surface area contributed by atoms with E-state index in [9.17, 15) is 4.79 Å². The Morgan fingerprint density at radius 2 is 2.44 bits per heavy atom. The lowest BCUT2D eigenvalue weighted by atomic mass is 10.4. The van der Waals surface area contributed by atoms with E-state index in [1.807, 2.05) is 7.05 Å². The van der Waals surface area contributed by atoms with Gasteiger partial charge in [0.25, 0.3) is 5.91 Å². The van der Waals surface area contributed by atoms with Crippen molar-refractivity contribution in [2.75, 3.05) is 26.7 Å². The molecule has 6 heteroatoms. The van der Waals surface area contributed by atoms with Crippen LogP contribution in [0.15, 0.2) is 5.38 Å². The molecular weight excluding hydrogens is 224 g/mol. The molecule has 0 unspecified atom stereocenters. The zero-order valence-corrected chi connectivity index (χ0v) is 10.5. The fourth-order valence-corrected chi connectivity index (χ4v) is 1.77. The lowest BCUT2D eigenvalue weighted by molar-refractivity contribution is 0.0945. The van der Waals surface area contributed by atoms with E-state index in [1.54, 1.807) is 5.38 Å². The average Bonchev–Trinajstić information content (AvgIpc) is 2.77. The van der Waals surface area contributed by atoms with E-state index in [4.69, 9.17) is 5.73 Å². The quantitative estimate of drug-likeness (QED) is 0.752. The van der Waals surface area contributed by atoms with E-state index < -0.39 is 0 Å². The van der Waals surface area contributed by atoms with E-state index >= 15 is 0 Å². The topological polar surface area (TPSA) is 71.2 Å². The Labute approximate surface area is 99.7 Å². The molecule has 3 N–H and O–H groups in total. The van der Waals surface area contributed by atoms with Gasteiger partial charge in [-0.05, 0) is 13.6 Å². The maximum Gasteiger partial charge on any atom is 0.270 e. The van der Waals surface area contributed by atoms with Crippen LogP contribution in [0, 0.1) is 0 Å². The zero-order chi connectivity index (χ0) is 12.0. The van der Waals surface area contributed by atoms with Crippen LogP contribution in [0.1, 0.15) is 22.4 Å². The summed E-state index contributed by atoms with van der Waals surface area (Å²) in [5, 5.41) is 5.35. The molecular formula is C10H18N4OS. The number of amides is 1. The van der Waals surface area contributed by atoms with Crippen molar-refractivity contribution < 1.29 is 4.79 Å². The van der Waals surface area contributed by atoms with E-state index in [0.29, 0.717) is 18.8 Å². The lowest BCUT2D eigenvalue weighted by Crippen LogP contribution is -2.33. The van der Waals surface area contributed by atoms with Crippen LogP contribution in [-0.2, 0) is 6.54 Å². The highest BCUT2D eigenvalue weighted by molar-refractivity contribution is 7.09. The highest BCUT2D eigenvalue weighted by Gasteiger charge is 2.09. The molecule has 1 aromatic rings. The molecule has 1 amide bonds. The second kappa shape index (κ2) is 6.57. The summed E-state index contributed by atoms with van der Waals surface area (Å²) in [6.45, 7) is 4.92. The van der Waals surface area contributed by atoms with Crippen LogP contribution >= 0.6 is 11.3 Å². The molecule has 0 fully saturated rings. The summed E-state index contributed by atoms with van der Waals surface area (Å²) in [6.07, 6.45) is 0. The minimum Gasteiger partial charge on any atom is -0.349 e. The Balaban J connectivity index is 2.35. The molecule has 0 aliphatic heterocycles. The van der Waals surface area contributed by atoms with Gasteiger partial charge in [0.05, 0.1) is 0 Å². The first kappa shape index (κ1) is 13.1. The molecule has 0 saturated heterocycles. The predicted molar refractivity (Wildman–Crippen MR) is 65.5 cm³/mol. The van der Waals surface area contributed by atoms with Gasteiger partial charge >= 0.3 is 0 Å². The molecule has 0 aromatic carbocycles. The van der Waals surface area contributed by atoms with E-state index in [2.05, 4.69) is 22.1 Å². The monoisotopic (exact) mass is 242 g/mol. The first-order valence-corrected chi connectivity index (χ1v) is 6.16. The summed E-state index contributed by atoms with van der Waals surface area (Å²) in [4.78, 5) is 17.9. The van der Waals surface area contributed by atoms with Crippen LogP contribution < -0.4 is 11.1 Å². The molecule has 0 atom stereocenters. The van der Waals surface area contributed by atoms with Crippen LogP contribution in [0.3, 0.4) is 0 Å². The van der Waals surface area contributed by atoms with Gasteiger partial charge in [0, 0.05) is 25.0 Å². The van der Waals surface area contributed by atoms with Gasteiger partial charge in [-0.15, -0.1) is 11.3 Å². The normalized spacial score (nSPS) is 10.8. The summed E-state index contributed by atoms with van der Waals surface area (Å²) in [6, 6.07) is 0. The molecule has 0 aliphatic carbocycles. The number of hydrogen-bond acceptors (Lipinski definition) is 5. The lowest BCUT2D eigenvalue weighted by Gasteiger charge is -2.13. The van der Waals surface area contributed by atoms with Crippen molar-refractivity contribution in [1.29, 1.82) is 0 Å². The van der Waals surface area contributed by atoms with Crippen molar-refractivity contribution in [3.8, 4) is 0 Å². The van der Waals surface area contributed by atoms with Gasteiger partial charge in [-0.25, -0.2) is 4.98 Å². The molecule has 1 heterocycles. The number of carbonyl (C=O) groups is 1. The number of hydrogen-bond donors (Lipinski definition) is 2. The van der Waals surface area contributed by atoms with Gasteiger partial charge in [-0.1, -0.05) is 6.92 Å².